The summed E-state index contributed by atoms with van der Waals surface area (Å²) in [7, 11) is 0. The summed E-state index contributed by atoms with van der Waals surface area (Å²) in [5.41, 5.74) is 1.64. The summed E-state index contributed by atoms with van der Waals surface area (Å²) in [4.78, 5) is 21.5. The van der Waals surface area contributed by atoms with Gasteiger partial charge in [-0.1, -0.05) is 6.07 Å². The van der Waals surface area contributed by atoms with Crippen molar-refractivity contribution in [1.29, 1.82) is 0 Å². The first-order valence-corrected chi connectivity index (χ1v) is 7.90. The van der Waals surface area contributed by atoms with Gasteiger partial charge in [-0.3, -0.25) is 4.79 Å². The molecule has 1 aliphatic rings. The number of halogens is 2. The second kappa shape index (κ2) is 5.93. The Morgan fingerprint density at radius 3 is 2.96 bits per heavy atom. The first kappa shape index (κ1) is 15.7. The van der Waals surface area contributed by atoms with E-state index in [1.54, 1.807) is 18.2 Å². The van der Waals surface area contributed by atoms with Crippen molar-refractivity contribution in [2.45, 2.75) is 18.6 Å². The molecule has 2 aromatic carbocycles. The van der Waals surface area contributed by atoms with Crippen molar-refractivity contribution in [2.75, 3.05) is 6.54 Å². The summed E-state index contributed by atoms with van der Waals surface area (Å²) < 4.78 is 27.8. The molecule has 7 heteroatoms. The van der Waals surface area contributed by atoms with E-state index in [0.717, 1.165) is 18.2 Å². The zero-order valence-corrected chi connectivity index (χ0v) is 13.1. The number of para-hydroxylation sites is 1. The number of amides is 1. The third kappa shape index (κ3) is 2.66. The number of β-amino-alcohol motifs (C(OH)–C–C–N with tert-alkyl or cyclic N) is 1. The minimum atomic E-state index is -0.796. The van der Waals surface area contributed by atoms with Gasteiger partial charge < -0.3 is 15.0 Å². The molecule has 0 saturated carbocycles. The van der Waals surface area contributed by atoms with Gasteiger partial charge in [0, 0.05) is 12.1 Å². The second-order valence-corrected chi connectivity index (χ2v) is 6.13. The Hall–Kier alpha value is -2.80. The molecule has 0 radical (unpaired) electrons. The molecular formula is C18H15F2N3O2. The van der Waals surface area contributed by atoms with Crippen molar-refractivity contribution in [3.05, 3.63) is 65.5 Å². The molecule has 0 spiro atoms. The van der Waals surface area contributed by atoms with E-state index >= 15 is 0 Å². The van der Waals surface area contributed by atoms with Gasteiger partial charge in [-0.15, -0.1) is 0 Å². The maximum Gasteiger partial charge on any atom is 0.256 e. The Bertz CT molecular complexity index is 956. The molecule has 25 heavy (non-hydrogen) atoms. The van der Waals surface area contributed by atoms with Gasteiger partial charge in [-0.25, -0.2) is 13.8 Å². The lowest BCUT2D eigenvalue weighted by molar-refractivity contribution is 0.0715. The number of carbonyl (C=O) groups excluding carboxylic acids is 1. The molecule has 1 saturated heterocycles. The van der Waals surface area contributed by atoms with Crippen LogP contribution in [-0.4, -0.2) is 38.5 Å². The molecule has 3 aromatic rings. The monoisotopic (exact) mass is 343 g/mol. The molecule has 2 N–H and O–H groups in total. The third-order valence-electron chi connectivity index (χ3n) is 4.54. The molecule has 4 rings (SSSR count). The highest BCUT2D eigenvalue weighted by molar-refractivity contribution is 6.05. The van der Waals surface area contributed by atoms with Crippen LogP contribution in [0, 0.1) is 11.6 Å². The molecule has 1 amide bonds. The van der Waals surface area contributed by atoms with Crippen molar-refractivity contribution < 1.29 is 18.7 Å². The number of benzene rings is 2. The molecule has 0 unspecified atom stereocenters. The van der Waals surface area contributed by atoms with Gasteiger partial charge >= 0.3 is 0 Å². The third-order valence-corrected chi connectivity index (χ3v) is 4.54. The van der Waals surface area contributed by atoms with E-state index in [-0.39, 0.29) is 24.4 Å². The smallest absolute Gasteiger partial charge is 0.256 e. The predicted molar refractivity (Wildman–Crippen MR) is 86.9 cm³/mol. The maximum absolute atomic E-state index is 14.2. The van der Waals surface area contributed by atoms with E-state index in [1.165, 1.54) is 11.2 Å². The van der Waals surface area contributed by atoms with Crippen LogP contribution >= 0.6 is 0 Å². The fraction of sp³-hybridized carbons (Fsp3) is 0.222. The average molecular weight is 343 g/mol. The quantitative estimate of drug-likeness (QED) is 0.752. The molecule has 2 atom stereocenters. The number of hydrogen-bond acceptors (Lipinski definition) is 3. The molecule has 1 aliphatic heterocycles. The van der Waals surface area contributed by atoms with E-state index < -0.39 is 23.8 Å². The highest BCUT2D eigenvalue weighted by Crippen LogP contribution is 2.35. The van der Waals surface area contributed by atoms with Crippen LogP contribution in [0.3, 0.4) is 0 Å². The number of likely N-dealkylation sites (tertiary alicyclic amines) is 1. The zero-order chi connectivity index (χ0) is 17.6. The Morgan fingerprint density at radius 1 is 1.28 bits per heavy atom. The summed E-state index contributed by atoms with van der Waals surface area (Å²) in [5.74, 6) is -1.56. The highest BCUT2D eigenvalue weighted by Gasteiger charge is 2.37. The zero-order valence-electron chi connectivity index (χ0n) is 13.1. The van der Waals surface area contributed by atoms with Gasteiger partial charge in [0.2, 0.25) is 0 Å². The summed E-state index contributed by atoms with van der Waals surface area (Å²) in [6.45, 7) is 0.0558. The first-order chi connectivity index (χ1) is 12.0. The highest BCUT2D eigenvalue weighted by atomic mass is 19.1. The second-order valence-electron chi connectivity index (χ2n) is 6.13. The lowest BCUT2D eigenvalue weighted by Crippen LogP contribution is -2.32. The molecule has 128 valence electrons. The molecule has 1 fully saturated rings. The Kier molecular flexibility index (Phi) is 3.73. The lowest BCUT2D eigenvalue weighted by atomic mass is 10.0. The van der Waals surface area contributed by atoms with Gasteiger partial charge in [0.05, 0.1) is 29.6 Å². The topological polar surface area (TPSA) is 69.2 Å². The Balaban J connectivity index is 1.76. The van der Waals surface area contributed by atoms with Gasteiger partial charge in [-0.2, -0.15) is 0 Å². The molecular weight excluding hydrogens is 328 g/mol. The number of H-pyrrole nitrogens is 1. The average Bonchev–Trinajstić information content (AvgIpc) is 3.22. The van der Waals surface area contributed by atoms with E-state index in [0.29, 0.717) is 16.6 Å². The summed E-state index contributed by atoms with van der Waals surface area (Å²) >= 11 is 0. The molecule has 5 nitrogen and oxygen atoms in total. The number of rotatable bonds is 2. The standard InChI is InChI=1S/C18H15F2N3O2/c19-10-4-5-14(20)13(6-10)16-7-11(24)8-23(16)18(25)12-2-1-3-15-17(12)22-9-21-15/h1-6,9,11,16,24H,7-8H2,(H,21,22)/t11-,16+/m1/s1. The van der Waals surface area contributed by atoms with E-state index in [2.05, 4.69) is 9.97 Å². The van der Waals surface area contributed by atoms with Crippen LogP contribution in [0.25, 0.3) is 11.0 Å². The van der Waals surface area contributed by atoms with Crippen LogP contribution in [0.15, 0.2) is 42.7 Å². The van der Waals surface area contributed by atoms with Crippen LogP contribution in [0.1, 0.15) is 28.4 Å². The molecule has 0 bridgehead atoms. The number of nitrogens with zero attached hydrogens (tertiary/aromatic N) is 2. The van der Waals surface area contributed by atoms with Crippen molar-refractivity contribution in [3.8, 4) is 0 Å². The SMILES string of the molecule is O=C(c1cccc2[nH]cnc12)N1C[C@H](O)C[C@H]1c1cc(F)ccc1F. The maximum atomic E-state index is 14.2. The van der Waals surface area contributed by atoms with Crippen LogP contribution < -0.4 is 0 Å². The van der Waals surface area contributed by atoms with Crippen molar-refractivity contribution in [1.82, 2.24) is 14.9 Å². The number of aliphatic hydroxyl groups excluding tert-OH is 1. The Labute approximate surface area is 141 Å². The van der Waals surface area contributed by atoms with E-state index in [4.69, 9.17) is 0 Å². The van der Waals surface area contributed by atoms with Crippen molar-refractivity contribution >= 4 is 16.9 Å². The number of hydrogen-bond donors (Lipinski definition) is 2. The number of aromatic amines is 1. The minimum Gasteiger partial charge on any atom is -0.391 e. The molecule has 1 aromatic heterocycles. The van der Waals surface area contributed by atoms with E-state index in [1.807, 2.05) is 0 Å². The van der Waals surface area contributed by atoms with Gasteiger partial charge in [0.15, 0.2) is 0 Å². The number of aliphatic hydroxyl groups is 1. The number of fused-ring (bicyclic) bond motifs is 1. The number of imidazole rings is 1. The molecule has 0 aliphatic carbocycles. The largest absolute Gasteiger partial charge is 0.391 e. The lowest BCUT2D eigenvalue weighted by Gasteiger charge is -2.25. The van der Waals surface area contributed by atoms with Crippen LogP contribution in [0.4, 0.5) is 8.78 Å². The van der Waals surface area contributed by atoms with Gasteiger partial charge in [-0.05, 0) is 36.8 Å². The van der Waals surface area contributed by atoms with Crippen molar-refractivity contribution in [3.63, 3.8) is 0 Å². The minimum absolute atomic E-state index is 0.0558. The summed E-state index contributed by atoms with van der Waals surface area (Å²) in [5, 5.41) is 10.0. The summed E-state index contributed by atoms with van der Waals surface area (Å²) in [6.07, 6.45) is 0.849. The van der Waals surface area contributed by atoms with Gasteiger partial charge in [0.25, 0.3) is 5.91 Å². The Morgan fingerprint density at radius 2 is 2.12 bits per heavy atom. The predicted octanol–water partition coefficient (Wildman–Crippen LogP) is 2.79. The van der Waals surface area contributed by atoms with Crippen molar-refractivity contribution in [2.24, 2.45) is 0 Å². The van der Waals surface area contributed by atoms with Crippen LogP contribution in [0.5, 0.6) is 0 Å². The van der Waals surface area contributed by atoms with E-state index in [9.17, 15) is 18.7 Å². The summed E-state index contributed by atoms with van der Waals surface area (Å²) in [6, 6.07) is 7.56. The van der Waals surface area contributed by atoms with Crippen LogP contribution in [0.2, 0.25) is 0 Å². The first-order valence-electron chi connectivity index (χ1n) is 7.90. The number of carbonyl (C=O) groups is 1. The number of nitrogens with one attached hydrogen (secondary N) is 1. The van der Waals surface area contributed by atoms with Gasteiger partial charge in [0.1, 0.15) is 17.2 Å². The fourth-order valence-corrected chi connectivity index (χ4v) is 3.40. The molecule has 2 heterocycles. The fourth-order valence-electron chi connectivity index (χ4n) is 3.40. The van der Waals surface area contributed by atoms with Crippen LogP contribution in [-0.2, 0) is 0 Å². The normalized spacial score (nSPS) is 20.4. The number of aromatic nitrogens is 2.